The van der Waals surface area contributed by atoms with Crippen LogP contribution in [0.1, 0.15) is 17.5 Å². The van der Waals surface area contributed by atoms with Gasteiger partial charge in [0.05, 0.1) is 23.9 Å². The summed E-state index contributed by atoms with van der Waals surface area (Å²) in [6, 6.07) is 10.4. The third-order valence-electron chi connectivity index (χ3n) is 4.99. The summed E-state index contributed by atoms with van der Waals surface area (Å²) in [5.74, 6) is 0.645. The van der Waals surface area contributed by atoms with Gasteiger partial charge in [-0.15, -0.1) is 11.8 Å². The fourth-order valence-corrected chi connectivity index (χ4v) is 5.12. The monoisotopic (exact) mass is 372 g/mol. The number of rotatable bonds is 5. The quantitative estimate of drug-likeness (QED) is 0.809. The Labute approximate surface area is 156 Å². The van der Waals surface area contributed by atoms with Crippen LogP contribution in [0.15, 0.2) is 48.8 Å². The first-order valence-electron chi connectivity index (χ1n) is 8.79. The van der Waals surface area contributed by atoms with Gasteiger partial charge in [0.2, 0.25) is 5.91 Å². The second kappa shape index (κ2) is 7.37. The van der Waals surface area contributed by atoms with Crippen molar-refractivity contribution in [3.05, 3.63) is 65.7 Å². The first-order valence-corrected chi connectivity index (χ1v) is 9.78. The van der Waals surface area contributed by atoms with Crippen LogP contribution >= 0.6 is 11.8 Å². The maximum Gasteiger partial charge on any atom is 0.227 e. The summed E-state index contributed by atoms with van der Waals surface area (Å²) in [5, 5.41) is 0. The number of carbonyl (C=O) groups excluding carboxylic acids is 1. The highest BCUT2D eigenvalue weighted by Crippen LogP contribution is 2.46. The van der Waals surface area contributed by atoms with E-state index in [1.165, 1.54) is 6.07 Å². The van der Waals surface area contributed by atoms with Gasteiger partial charge >= 0.3 is 0 Å². The van der Waals surface area contributed by atoms with Crippen LogP contribution < -0.4 is 0 Å². The number of halogens is 1. The molecule has 1 amide bonds. The number of carbonyl (C=O) groups is 1. The molecule has 0 N–H and O–H groups in total. The molecule has 1 unspecified atom stereocenters. The minimum Gasteiger partial charge on any atom is -0.373 e. The molecule has 136 valence electrons. The van der Waals surface area contributed by atoms with E-state index in [4.69, 9.17) is 4.74 Å². The summed E-state index contributed by atoms with van der Waals surface area (Å²) in [4.78, 5) is 18.3. The number of hydrogen-bond donors (Lipinski definition) is 0. The minimum absolute atomic E-state index is 0.000975. The second-order valence-corrected chi connectivity index (χ2v) is 8.50. The molecule has 2 aliphatic rings. The summed E-state index contributed by atoms with van der Waals surface area (Å²) in [6.45, 7) is 2.04. The van der Waals surface area contributed by atoms with E-state index < -0.39 is 0 Å². The van der Waals surface area contributed by atoms with Crippen LogP contribution in [0, 0.1) is 5.82 Å². The van der Waals surface area contributed by atoms with Crippen molar-refractivity contribution in [1.82, 2.24) is 9.88 Å². The molecule has 3 heterocycles. The maximum absolute atomic E-state index is 13.7. The molecule has 2 saturated heterocycles. The Bertz CT molecular complexity index is 780. The summed E-state index contributed by atoms with van der Waals surface area (Å²) >= 11 is 1.90. The van der Waals surface area contributed by atoms with E-state index in [0.29, 0.717) is 12.2 Å². The lowest BCUT2D eigenvalue weighted by Crippen LogP contribution is -2.61. The van der Waals surface area contributed by atoms with Crippen molar-refractivity contribution in [3.63, 3.8) is 0 Å². The van der Waals surface area contributed by atoms with Gasteiger partial charge in [0, 0.05) is 31.2 Å². The average molecular weight is 372 g/mol. The smallest absolute Gasteiger partial charge is 0.227 e. The van der Waals surface area contributed by atoms with Crippen molar-refractivity contribution >= 4 is 17.7 Å². The number of nitrogens with zero attached hydrogens (tertiary/aromatic N) is 2. The Hall–Kier alpha value is -1.92. The van der Waals surface area contributed by atoms with Gasteiger partial charge in [-0.1, -0.05) is 24.3 Å². The van der Waals surface area contributed by atoms with Crippen LogP contribution in [-0.4, -0.2) is 45.5 Å². The Morgan fingerprint density at radius 3 is 2.92 bits per heavy atom. The fraction of sp³-hybridized carbons (Fsp3) is 0.400. The van der Waals surface area contributed by atoms with Gasteiger partial charge in [-0.3, -0.25) is 9.78 Å². The lowest BCUT2D eigenvalue weighted by atomic mass is 9.92. The molecule has 6 heteroatoms. The highest BCUT2D eigenvalue weighted by molar-refractivity contribution is 8.01. The van der Waals surface area contributed by atoms with Crippen molar-refractivity contribution in [3.8, 4) is 0 Å². The number of aromatic nitrogens is 1. The van der Waals surface area contributed by atoms with Crippen molar-refractivity contribution in [2.45, 2.75) is 30.3 Å². The number of likely N-dealkylation sites (tertiary alicyclic amines) is 1. The third-order valence-corrected chi connectivity index (χ3v) is 6.57. The van der Waals surface area contributed by atoms with Gasteiger partial charge in [-0.25, -0.2) is 4.39 Å². The highest BCUT2D eigenvalue weighted by atomic mass is 32.2. The predicted octanol–water partition coefficient (Wildman–Crippen LogP) is 3.07. The Balaban J connectivity index is 1.25. The number of pyridine rings is 1. The van der Waals surface area contributed by atoms with E-state index in [1.54, 1.807) is 24.4 Å². The summed E-state index contributed by atoms with van der Waals surface area (Å²) in [7, 11) is 0. The second-order valence-electron chi connectivity index (χ2n) is 7.01. The van der Waals surface area contributed by atoms with Gasteiger partial charge in [0.25, 0.3) is 0 Å². The minimum atomic E-state index is -0.310. The number of amides is 1. The van der Waals surface area contributed by atoms with E-state index in [9.17, 15) is 9.18 Å². The third kappa shape index (κ3) is 3.76. The van der Waals surface area contributed by atoms with E-state index >= 15 is 0 Å². The van der Waals surface area contributed by atoms with Gasteiger partial charge in [0.15, 0.2) is 0 Å². The van der Waals surface area contributed by atoms with Crippen LogP contribution in [-0.2, 0) is 22.6 Å². The van der Waals surface area contributed by atoms with Crippen LogP contribution in [0.3, 0.4) is 0 Å². The zero-order chi connectivity index (χ0) is 18.0. The molecular formula is C20H21FN2O2S. The molecular weight excluding hydrogens is 351 g/mol. The topological polar surface area (TPSA) is 42.4 Å². The van der Waals surface area contributed by atoms with Crippen LogP contribution in [0.2, 0.25) is 0 Å². The first kappa shape index (κ1) is 17.5. The average Bonchev–Trinajstić information content (AvgIpc) is 3.06. The predicted molar refractivity (Wildman–Crippen MR) is 99.3 cm³/mol. The molecule has 1 atom stereocenters. The highest BCUT2D eigenvalue weighted by Gasteiger charge is 2.50. The number of ether oxygens (including phenoxy) is 1. The molecule has 1 spiro atoms. The van der Waals surface area contributed by atoms with Crippen LogP contribution in [0.5, 0.6) is 0 Å². The molecule has 2 aromatic rings. The van der Waals surface area contributed by atoms with Gasteiger partial charge in [-0.05, 0) is 29.7 Å². The van der Waals surface area contributed by atoms with E-state index in [2.05, 4.69) is 4.98 Å². The zero-order valence-electron chi connectivity index (χ0n) is 14.4. The van der Waals surface area contributed by atoms with Gasteiger partial charge < -0.3 is 9.64 Å². The molecule has 1 aromatic carbocycles. The molecule has 0 aliphatic carbocycles. The molecule has 0 bridgehead atoms. The largest absolute Gasteiger partial charge is 0.373 e. The van der Waals surface area contributed by atoms with Gasteiger partial charge in [-0.2, -0.15) is 0 Å². The first-order chi connectivity index (χ1) is 12.6. The standard InChI is InChI=1S/C20H21FN2O2S/c21-18-6-2-1-5-16(18)8-19(24)23-13-20(14-23)9-17(12-26-20)25-11-15-4-3-7-22-10-15/h1-7,10,17H,8-9,11-14H2. The Kier molecular flexibility index (Phi) is 4.96. The molecule has 4 rings (SSSR count). The summed E-state index contributed by atoms with van der Waals surface area (Å²) < 4.78 is 19.8. The lowest BCUT2D eigenvalue weighted by molar-refractivity contribution is -0.136. The van der Waals surface area contributed by atoms with Crippen molar-refractivity contribution in [2.24, 2.45) is 0 Å². The molecule has 2 aliphatic heterocycles. The van der Waals surface area contributed by atoms with Crippen molar-refractivity contribution in [2.75, 3.05) is 18.8 Å². The fourth-order valence-electron chi connectivity index (χ4n) is 3.57. The van der Waals surface area contributed by atoms with E-state index in [1.807, 2.05) is 35.0 Å². The number of hydrogen-bond acceptors (Lipinski definition) is 4. The van der Waals surface area contributed by atoms with E-state index in [-0.39, 0.29) is 29.0 Å². The SMILES string of the molecule is O=C(Cc1ccccc1F)N1CC2(CC(OCc3cccnc3)CS2)C1. The molecule has 0 radical (unpaired) electrons. The van der Waals surface area contributed by atoms with Crippen molar-refractivity contribution in [1.29, 1.82) is 0 Å². The number of benzene rings is 1. The van der Waals surface area contributed by atoms with Crippen LogP contribution in [0.4, 0.5) is 4.39 Å². The Morgan fingerprint density at radius 2 is 2.15 bits per heavy atom. The zero-order valence-corrected chi connectivity index (χ0v) is 15.3. The molecule has 0 saturated carbocycles. The number of thioether (sulfide) groups is 1. The van der Waals surface area contributed by atoms with E-state index in [0.717, 1.165) is 30.8 Å². The normalized spacial score (nSPS) is 21.0. The summed E-state index contributed by atoms with van der Waals surface area (Å²) in [6.07, 6.45) is 4.88. The summed E-state index contributed by atoms with van der Waals surface area (Å²) in [5.41, 5.74) is 1.55. The lowest BCUT2D eigenvalue weighted by Gasteiger charge is -2.47. The molecule has 26 heavy (non-hydrogen) atoms. The maximum atomic E-state index is 13.7. The molecule has 1 aromatic heterocycles. The molecule has 4 nitrogen and oxygen atoms in total. The van der Waals surface area contributed by atoms with Gasteiger partial charge in [0.1, 0.15) is 5.82 Å². The van der Waals surface area contributed by atoms with Crippen molar-refractivity contribution < 1.29 is 13.9 Å². The van der Waals surface area contributed by atoms with Crippen LogP contribution in [0.25, 0.3) is 0 Å². The Morgan fingerprint density at radius 1 is 1.31 bits per heavy atom. The molecule has 2 fully saturated rings.